The van der Waals surface area contributed by atoms with Gasteiger partial charge in [-0.2, -0.15) is 4.98 Å². The van der Waals surface area contributed by atoms with Crippen molar-refractivity contribution in [3.8, 4) is 28.6 Å². The summed E-state index contributed by atoms with van der Waals surface area (Å²) in [5.41, 5.74) is 5.45. The minimum absolute atomic E-state index is 0.194. The molecule has 1 aromatic heterocycles. The molecule has 0 aliphatic carbocycles. The molecule has 0 bridgehead atoms. The molecular formula is C27H32N2O4. The molecule has 3 rings (SSSR count). The fourth-order valence-electron chi connectivity index (χ4n) is 3.69. The van der Waals surface area contributed by atoms with Gasteiger partial charge in [-0.25, -0.2) is 0 Å². The van der Waals surface area contributed by atoms with E-state index in [1.54, 1.807) is 27.2 Å². The Morgan fingerprint density at radius 1 is 1.03 bits per heavy atom. The number of aromatic nitrogens is 1. The Morgan fingerprint density at radius 3 is 2.52 bits per heavy atom. The van der Waals surface area contributed by atoms with Gasteiger partial charge in [0, 0.05) is 19.0 Å². The van der Waals surface area contributed by atoms with Crippen LogP contribution in [0.2, 0.25) is 0 Å². The Balaban J connectivity index is 1.72. The van der Waals surface area contributed by atoms with Crippen LogP contribution < -0.4 is 19.5 Å². The van der Waals surface area contributed by atoms with Crippen molar-refractivity contribution >= 4 is 5.78 Å². The van der Waals surface area contributed by atoms with E-state index in [0.29, 0.717) is 37.1 Å². The number of pyridine rings is 1. The number of ketones is 1. The van der Waals surface area contributed by atoms with Crippen molar-refractivity contribution in [1.82, 2.24) is 10.3 Å². The second-order valence-corrected chi connectivity index (χ2v) is 7.88. The van der Waals surface area contributed by atoms with E-state index in [0.717, 1.165) is 24.1 Å². The Morgan fingerprint density at radius 2 is 1.82 bits per heavy atom. The third kappa shape index (κ3) is 6.56. The van der Waals surface area contributed by atoms with Gasteiger partial charge in [0.05, 0.1) is 19.8 Å². The Bertz CT molecular complexity index is 1040. The zero-order chi connectivity index (χ0) is 23.6. The van der Waals surface area contributed by atoms with Crippen molar-refractivity contribution in [2.24, 2.45) is 0 Å². The second-order valence-electron chi connectivity index (χ2n) is 7.88. The van der Waals surface area contributed by atoms with Gasteiger partial charge in [-0.1, -0.05) is 48.5 Å². The fraction of sp³-hybridized carbons (Fsp3) is 0.333. The monoisotopic (exact) mass is 448 g/mol. The summed E-state index contributed by atoms with van der Waals surface area (Å²) in [5, 5.41) is 3.32. The van der Waals surface area contributed by atoms with Crippen LogP contribution in [-0.4, -0.2) is 31.5 Å². The van der Waals surface area contributed by atoms with E-state index in [4.69, 9.17) is 14.2 Å². The highest BCUT2D eigenvalue weighted by Gasteiger charge is 2.16. The van der Waals surface area contributed by atoms with Gasteiger partial charge in [0.25, 0.3) is 0 Å². The Labute approximate surface area is 195 Å². The Kier molecular flexibility index (Phi) is 8.84. The maximum Gasteiger partial charge on any atom is 0.224 e. The average molecular weight is 449 g/mol. The standard InChI is InChI=1S/C27H32N2O4/c1-19(30)10-9-15-28-17-24-25(31-3)16-26(29-27(24)32-4)33-18-22-13-8-14-23(20(22)2)21-11-6-5-7-12-21/h5-8,11-14,16,28H,9-10,15,17-18H2,1-4H3. The highest BCUT2D eigenvalue weighted by molar-refractivity contribution is 5.75. The number of benzene rings is 2. The summed E-state index contributed by atoms with van der Waals surface area (Å²) < 4.78 is 17.1. The number of methoxy groups -OCH3 is 2. The number of hydrogen-bond donors (Lipinski definition) is 1. The molecule has 174 valence electrons. The van der Waals surface area contributed by atoms with Gasteiger partial charge in [-0.15, -0.1) is 0 Å². The number of hydrogen-bond acceptors (Lipinski definition) is 6. The van der Waals surface area contributed by atoms with Crippen molar-refractivity contribution in [2.75, 3.05) is 20.8 Å². The van der Waals surface area contributed by atoms with E-state index in [2.05, 4.69) is 41.5 Å². The summed E-state index contributed by atoms with van der Waals surface area (Å²) in [7, 11) is 3.20. The van der Waals surface area contributed by atoms with Crippen molar-refractivity contribution < 1.29 is 19.0 Å². The number of carbonyl (C=O) groups excluding carboxylic acids is 1. The van der Waals surface area contributed by atoms with Crippen molar-refractivity contribution in [3.05, 3.63) is 71.3 Å². The molecule has 0 atom stereocenters. The number of rotatable bonds is 12. The maximum atomic E-state index is 11.1. The van der Waals surface area contributed by atoms with Gasteiger partial charge >= 0.3 is 0 Å². The molecule has 0 aliphatic heterocycles. The summed E-state index contributed by atoms with van der Waals surface area (Å²) in [5.74, 6) is 1.73. The van der Waals surface area contributed by atoms with E-state index in [9.17, 15) is 4.79 Å². The maximum absolute atomic E-state index is 11.1. The molecule has 0 unspecified atom stereocenters. The van der Waals surface area contributed by atoms with Crippen LogP contribution in [0.4, 0.5) is 0 Å². The summed E-state index contributed by atoms with van der Waals surface area (Å²) in [6, 6.07) is 18.3. The van der Waals surface area contributed by atoms with Crippen LogP contribution in [-0.2, 0) is 17.9 Å². The van der Waals surface area contributed by atoms with E-state index in [1.807, 2.05) is 24.3 Å². The number of nitrogens with zero attached hydrogens (tertiary/aromatic N) is 1. The lowest BCUT2D eigenvalue weighted by Crippen LogP contribution is -2.17. The smallest absolute Gasteiger partial charge is 0.224 e. The molecule has 1 heterocycles. The van der Waals surface area contributed by atoms with Crippen LogP contribution in [0.3, 0.4) is 0 Å². The molecular weight excluding hydrogens is 416 g/mol. The molecule has 0 aliphatic rings. The molecule has 6 heteroatoms. The lowest BCUT2D eigenvalue weighted by Gasteiger charge is -2.16. The predicted molar refractivity (Wildman–Crippen MR) is 130 cm³/mol. The first-order valence-corrected chi connectivity index (χ1v) is 11.1. The van der Waals surface area contributed by atoms with E-state index >= 15 is 0 Å². The number of nitrogens with one attached hydrogen (secondary N) is 1. The zero-order valence-corrected chi connectivity index (χ0v) is 19.8. The molecule has 0 fully saturated rings. The first-order chi connectivity index (χ1) is 16.0. The first-order valence-electron chi connectivity index (χ1n) is 11.1. The van der Waals surface area contributed by atoms with Gasteiger partial charge < -0.3 is 24.3 Å². The van der Waals surface area contributed by atoms with Crippen molar-refractivity contribution in [3.63, 3.8) is 0 Å². The van der Waals surface area contributed by atoms with Crippen LogP contribution in [0, 0.1) is 6.92 Å². The molecule has 0 amide bonds. The molecule has 0 saturated heterocycles. The average Bonchev–Trinajstić information content (AvgIpc) is 2.83. The number of Topliss-reactive ketones (excluding diaryl/α,β-unsaturated/α-hetero) is 1. The number of ether oxygens (including phenoxy) is 3. The molecule has 0 saturated carbocycles. The van der Waals surface area contributed by atoms with Gasteiger partial charge in [-0.05, 0) is 49.1 Å². The highest BCUT2D eigenvalue weighted by atomic mass is 16.5. The fourth-order valence-corrected chi connectivity index (χ4v) is 3.69. The van der Waals surface area contributed by atoms with Gasteiger partial charge in [0.2, 0.25) is 11.8 Å². The van der Waals surface area contributed by atoms with Gasteiger partial charge in [0.1, 0.15) is 18.1 Å². The van der Waals surface area contributed by atoms with E-state index in [-0.39, 0.29) is 5.78 Å². The first kappa shape index (κ1) is 24.3. The normalized spacial score (nSPS) is 10.7. The largest absolute Gasteiger partial charge is 0.496 e. The minimum atomic E-state index is 0.194. The van der Waals surface area contributed by atoms with Gasteiger partial charge in [-0.3, -0.25) is 0 Å². The van der Waals surface area contributed by atoms with Crippen LogP contribution in [0.1, 0.15) is 36.5 Å². The SMILES string of the molecule is COc1cc(OCc2cccc(-c3ccccc3)c2C)nc(OC)c1CNCCCC(C)=O. The number of carbonyl (C=O) groups is 1. The van der Waals surface area contributed by atoms with E-state index < -0.39 is 0 Å². The third-order valence-corrected chi connectivity index (χ3v) is 5.53. The summed E-state index contributed by atoms with van der Waals surface area (Å²) in [6.07, 6.45) is 1.35. The predicted octanol–water partition coefficient (Wildman–Crippen LogP) is 5.11. The molecule has 33 heavy (non-hydrogen) atoms. The lowest BCUT2D eigenvalue weighted by molar-refractivity contribution is -0.117. The van der Waals surface area contributed by atoms with Crippen LogP contribution in [0.5, 0.6) is 17.5 Å². The molecule has 1 N–H and O–H groups in total. The minimum Gasteiger partial charge on any atom is -0.496 e. The topological polar surface area (TPSA) is 69.7 Å². The molecule has 3 aromatic rings. The van der Waals surface area contributed by atoms with Crippen LogP contribution in [0.15, 0.2) is 54.6 Å². The summed E-state index contributed by atoms with van der Waals surface area (Å²) in [6.45, 7) is 5.34. The quantitative estimate of drug-likeness (QED) is 0.388. The molecule has 6 nitrogen and oxygen atoms in total. The lowest BCUT2D eigenvalue weighted by atomic mass is 9.97. The third-order valence-electron chi connectivity index (χ3n) is 5.53. The molecule has 0 spiro atoms. The van der Waals surface area contributed by atoms with Crippen molar-refractivity contribution in [2.45, 2.75) is 39.8 Å². The summed E-state index contributed by atoms with van der Waals surface area (Å²) in [4.78, 5) is 15.6. The highest BCUT2D eigenvalue weighted by Crippen LogP contribution is 2.32. The molecule has 0 radical (unpaired) electrons. The Hall–Kier alpha value is -3.38. The van der Waals surface area contributed by atoms with E-state index in [1.165, 1.54) is 16.7 Å². The summed E-state index contributed by atoms with van der Waals surface area (Å²) >= 11 is 0. The van der Waals surface area contributed by atoms with Crippen LogP contribution in [0.25, 0.3) is 11.1 Å². The molecule has 2 aromatic carbocycles. The van der Waals surface area contributed by atoms with Gasteiger partial charge in [0.15, 0.2) is 0 Å². The zero-order valence-electron chi connectivity index (χ0n) is 19.8. The second kappa shape index (κ2) is 12.0. The van der Waals surface area contributed by atoms with Crippen LogP contribution >= 0.6 is 0 Å². The van der Waals surface area contributed by atoms with Crippen molar-refractivity contribution in [1.29, 1.82) is 0 Å².